The Morgan fingerprint density at radius 1 is 1.00 bits per heavy atom. The van der Waals surface area contributed by atoms with E-state index in [0.29, 0.717) is 39.1 Å². The lowest BCUT2D eigenvalue weighted by Gasteiger charge is -2.08. The predicted molar refractivity (Wildman–Crippen MR) is 92.3 cm³/mol. The highest BCUT2D eigenvalue weighted by Gasteiger charge is 2.19. The van der Waals surface area contributed by atoms with Gasteiger partial charge < -0.3 is 29.0 Å². The molecule has 0 bridgehead atoms. The van der Waals surface area contributed by atoms with Crippen molar-refractivity contribution in [3.8, 4) is 23.0 Å². The number of halogens is 1. The summed E-state index contributed by atoms with van der Waals surface area (Å²) in [7, 11) is 0. The van der Waals surface area contributed by atoms with Crippen molar-refractivity contribution in [3.05, 3.63) is 46.5 Å². The number of nitrogens with one attached hydrogen (secondary N) is 1. The predicted octanol–water partition coefficient (Wildman–Crippen LogP) is 2.27. The van der Waals surface area contributed by atoms with E-state index in [9.17, 15) is 9.59 Å². The molecular weight excluding hydrogens is 378 g/mol. The zero-order chi connectivity index (χ0) is 18.8. The number of hydrogen-bond donors (Lipinski definition) is 1. The molecule has 2 heterocycles. The molecule has 2 aliphatic heterocycles. The molecule has 1 amide bonds. The summed E-state index contributed by atoms with van der Waals surface area (Å²) in [6.45, 7) is -0.0541. The van der Waals surface area contributed by atoms with Gasteiger partial charge >= 0.3 is 5.97 Å². The number of rotatable bonds is 5. The molecule has 1 N–H and O–H groups in total. The fraction of sp³-hybridized carbons (Fsp3) is 0.222. The number of hydrogen-bond acceptors (Lipinski definition) is 7. The van der Waals surface area contributed by atoms with E-state index in [-0.39, 0.29) is 26.7 Å². The summed E-state index contributed by atoms with van der Waals surface area (Å²) < 4.78 is 26.0. The van der Waals surface area contributed by atoms with E-state index < -0.39 is 11.9 Å². The summed E-state index contributed by atoms with van der Waals surface area (Å²) in [4.78, 5) is 24.0. The van der Waals surface area contributed by atoms with Crippen molar-refractivity contribution >= 4 is 23.5 Å². The average Bonchev–Trinajstić information content (AvgIpc) is 3.32. The van der Waals surface area contributed by atoms with Gasteiger partial charge in [0.15, 0.2) is 23.0 Å². The molecule has 0 saturated heterocycles. The molecule has 140 valence electrons. The second kappa shape index (κ2) is 7.24. The van der Waals surface area contributed by atoms with Gasteiger partial charge in [0.05, 0.1) is 5.02 Å². The molecule has 2 aromatic rings. The first kappa shape index (κ1) is 17.3. The van der Waals surface area contributed by atoms with E-state index >= 15 is 0 Å². The van der Waals surface area contributed by atoms with Crippen molar-refractivity contribution in [1.82, 2.24) is 5.32 Å². The van der Waals surface area contributed by atoms with Gasteiger partial charge in [-0.1, -0.05) is 11.6 Å². The molecule has 0 fully saturated rings. The summed E-state index contributed by atoms with van der Waals surface area (Å²) in [5.41, 5.74) is 1.01. The monoisotopic (exact) mass is 391 g/mol. The van der Waals surface area contributed by atoms with Crippen molar-refractivity contribution in [2.24, 2.45) is 0 Å². The molecule has 27 heavy (non-hydrogen) atoms. The average molecular weight is 392 g/mol. The van der Waals surface area contributed by atoms with Gasteiger partial charge in [0.1, 0.15) is 13.2 Å². The zero-order valence-electron chi connectivity index (χ0n) is 14.0. The highest BCUT2D eigenvalue weighted by molar-refractivity contribution is 6.32. The topological polar surface area (TPSA) is 92.3 Å². The van der Waals surface area contributed by atoms with Gasteiger partial charge in [-0.25, -0.2) is 0 Å². The molecule has 0 saturated carbocycles. The van der Waals surface area contributed by atoms with Crippen molar-refractivity contribution in [2.75, 3.05) is 20.1 Å². The Labute approximate surface area is 158 Å². The Morgan fingerprint density at radius 2 is 1.78 bits per heavy atom. The smallest absolute Gasteiger partial charge is 0.325 e. The molecular formula is C18H14ClNO7. The number of carbonyl (C=O) groups excluding carboxylic acids is 2. The highest BCUT2D eigenvalue weighted by atomic mass is 35.5. The van der Waals surface area contributed by atoms with Crippen LogP contribution in [0.5, 0.6) is 23.0 Å². The Hall–Kier alpha value is -3.13. The Morgan fingerprint density at radius 3 is 2.67 bits per heavy atom. The largest absolute Gasteiger partial charge is 0.459 e. The van der Waals surface area contributed by atoms with Crippen molar-refractivity contribution in [3.63, 3.8) is 0 Å². The van der Waals surface area contributed by atoms with Crippen LogP contribution < -0.4 is 24.3 Å². The maximum atomic E-state index is 12.1. The van der Waals surface area contributed by atoms with Crippen LogP contribution in [0.4, 0.5) is 0 Å². The number of carbonyl (C=O) groups is 2. The van der Waals surface area contributed by atoms with E-state index in [0.717, 1.165) is 0 Å². The van der Waals surface area contributed by atoms with E-state index in [2.05, 4.69) is 5.32 Å². The van der Waals surface area contributed by atoms with Gasteiger partial charge in [-0.2, -0.15) is 0 Å². The maximum absolute atomic E-state index is 12.1. The van der Waals surface area contributed by atoms with Crippen LogP contribution in [0.2, 0.25) is 5.02 Å². The van der Waals surface area contributed by atoms with Crippen LogP contribution in [-0.2, 0) is 16.1 Å². The zero-order valence-corrected chi connectivity index (χ0v) is 14.7. The first-order chi connectivity index (χ1) is 13.1. The highest BCUT2D eigenvalue weighted by Crippen LogP contribution is 2.39. The molecule has 0 unspecified atom stereocenters. The number of benzene rings is 2. The van der Waals surface area contributed by atoms with Gasteiger partial charge in [-0.05, 0) is 35.9 Å². The van der Waals surface area contributed by atoms with Crippen LogP contribution in [0.3, 0.4) is 0 Å². The van der Waals surface area contributed by atoms with Gasteiger partial charge in [0.2, 0.25) is 13.6 Å². The minimum atomic E-state index is -0.585. The SMILES string of the molecule is O=C(CNC(=O)c1ccc2c(c1)OCO2)OCc1cc(Cl)c2c(c1)OCO2. The summed E-state index contributed by atoms with van der Waals surface area (Å²) >= 11 is 6.08. The summed E-state index contributed by atoms with van der Waals surface area (Å²) in [6, 6.07) is 8.10. The molecule has 0 aliphatic carbocycles. The number of fused-ring (bicyclic) bond motifs is 2. The van der Waals surface area contributed by atoms with Crippen LogP contribution in [0.1, 0.15) is 15.9 Å². The number of ether oxygens (including phenoxy) is 5. The molecule has 0 spiro atoms. The van der Waals surface area contributed by atoms with E-state index in [1.807, 2.05) is 0 Å². The third-order valence-corrected chi connectivity index (χ3v) is 4.20. The van der Waals surface area contributed by atoms with Crippen LogP contribution in [0.15, 0.2) is 30.3 Å². The minimum absolute atomic E-state index is 0.00487. The van der Waals surface area contributed by atoms with Crippen LogP contribution in [-0.4, -0.2) is 32.0 Å². The summed E-state index contributed by atoms with van der Waals surface area (Å²) in [5, 5.41) is 2.88. The van der Waals surface area contributed by atoms with E-state index in [4.69, 9.17) is 35.3 Å². The van der Waals surface area contributed by atoms with E-state index in [1.54, 1.807) is 30.3 Å². The summed E-state index contributed by atoms with van der Waals surface area (Å²) in [5.74, 6) is 1.04. The third kappa shape index (κ3) is 3.70. The fourth-order valence-corrected chi connectivity index (χ4v) is 2.90. The Balaban J connectivity index is 1.29. The van der Waals surface area contributed by atoms with Crippen molar-refractivity contribution in [1.29, 1.82) is 0 Å². The minimum Gasteiger partial charge on any atom is -0.459 e. The Bertz CT molecular complexity index is 915. The second-order valence-corrected chi connectivity index (χ2v) is 6.13. The molecule has 2 aromatic carbocycles. The fourth-order valence-electron chi connectivity index (χ4n) is 2.61. The molecule has 8 nitrogen and oxygen atoms in total. The van der Waals surface area contributed by atoms with Crippen molar-refractivity contribution in [2.45, 2.75) is 6.61 Å². The third-order valence-electron chi connectivity index (χ3n) is 3.91. The standard InChI is InChI=1S/C18H14ClNO7/c19-12-3-10(4-15-17(12)27-9-26-15)7-23-16(21)6-20-18(22)11-1-2-13-14(5-11)25-8-24-13/h1-5H,6-9H2,(H,20,22). The van der Waals surface area contributed by atoms with E-state index in [1.165, 1.54) is 0 Å². The normalized spacial score (nSPS) is 13.4. The number of esters is 1. The molecule has 0 aromatic heterocycles. The first-order valence-electron chi connectivity index (χ1n) is 8.01. The van der Waals surface area contributed by atoms with Gasteiger partial charge in [-0.3, -0.25) is 9.59 Å². The molecule has 0 atom stereocenters. The lowest BCUT2D eigenvalue weighted by atomic mass is 10.2. The lowest BCUT2D eigenvalue weighted by Crippen LogP contribution is -2.30. The Kier molecular flexibility index (Phi) is 4.64. The first-order valence-corrected chi connectivity index (χ1v) is 8.39. The quantitative estimate of drug-likeness (QED) is 0.781. The maximum Gasteiger partial charge on any atom is 0.325 e. The molecule has 4 rings (SSSR count). The molecule has 0 radical (unpaired) electrons. The van der Waals surface area contributed by atoms with Gasteiger partial charge in [-0.15, -0.1) is 0 Å². The van der Waals surface area contributed by atoms with Crippen LogP contribution in [0, 0.1) is 0 Å². The van der Waals surface area contributed by atoms with Crippen LogP contribution in [0.25, 0.3) is 0 Å². The van der Waals surface area contributed by atoms with Crippen molar-refractivity contribution < 1.29 is 33.3 Å². The van der Waals surface area contributed by atoms with Gasteiger partial charge in [0.25, 0.3) is 5.91 Å². The summed E-state index contributed by atoms with van der Waals surface area (Å²) in [6.07, 6.45) is 0. The molecule has 9 heteroatoms. The van der Waals surface area contributed by atoms with Crippen LogP contribution >= 0.6 is 11.6 Å². The lowest BCUT2D eigenvalue weighted by molar-refractivity contribution is -0.143. The van der Waals surface area contributed by atoms with Gasteiger partial charge in [0, 0.05) is 5.56 Å². The molecule has 2 aliphatic rings. The second-order valence-electron chi connectivity index (χ2n) is 5.72. The number of amides is 1.